The fraction of sp³-hybridized carbons (Fsp3) is 0.400. The maximum Gasteiger partial charge on any atom is 0.143 e. The molecule has 0 saturated heterocycles. The maximum absolute atomic E-state index is 5.26. The van der Waals surface area contributed by atoms with Crippen LogP contribution in [0.1, 0.15) is 6.92 Å². The number of hydrogen-bond acceptors (Lipinski definition) is 3. The van der Waals surface area contributed by atoms with Crippen molar-refractivity contribution in [3.8, 4) is 11.5 Å². The summed E-state index contributed by atoms with van der Waals surface area (Å²) < 4.78 is 11.5. The first-order valence-electron chi connectivity index (χ1n) is 4.38. The number of ether oxygens (including phenoxy) is 2. The molecule has 1 aromatic carbocycles. The standard InChI is InChI=1S/C10H14INO2/c1-4-12-8-6-9(13-2)7(11)5-10(8)14-3/h5-6,12H,4H2,1-3H3. The highest BCUT2D eigenvalue weighted by Gasteiger charge is 2.08. The van der Waals surface area contributed by atoms with Crippen LogP contribution in [0, 0.1) is 3.57 Å². The molecule has 0 heterocycles. The normalized spacial score (nSPS) is 9.71. The number of anilines is 1. The lowest BCUT2D eigenvalue weighted by atomic mass is 10.2. The third kappa shape index (κ3) is 2.43. The average molecular weight is 307 g/mol. The topological polar surface area (TPSA) is 30.5 Å². The summed E-state index contributed by atoms with van der Waals surface area (Å²) in [5.41, 5.74) is 0.965. The van der Waals surface area contributed by atoms with Crippen LogP contribution in [0.25, 0.3) is 0 Å². The highest BCUT2D eigenvalue weighted by Crippen LogP contribution is 2.33. The van der Waals surface area contributed by atoms with Crippen LogP contribution < -0.4 is 14.8 Å². The van der Waals surface area contributed by atoms with Gasteiger partial charge < -0.3 is 14.8 Å². The summed E-state index contributed by atoms with van der Waals surface area (Å²) in [5.74, 6) is 1.71. The van der Waals surface area contributed by atoms with Gasteiger partial charge in [-0.3, -0.25) is 0 Å². The Labute approximate surface area is 97.9 Å². The summed E-state index contributed by atoms with van der Waals surface area (Å²) in [6, 6.07) is 3.90. The Hall–Kier alpha value is -0.650. The first-order chi connectivity index (χ1) is 6.72. The molecule has 4 heteroatoms. The molecule has 0 aromatic heterocycles. The first kappa shape index (κ1) is 11.4. The third-order valence-electron chi connectivity index (χ3n) is 1.84. The monoisotopic (exact) mass is 307 g/mol. The summed E-state index contributed by atoms with van der Waals surface area (Å²) in [4.78, 5) is 0. The minimum atomic E-state index is 0.844. The lowest BCUT2D eigenvalue weighted by Gasteiger charge is -2.12. The molecule has 0 aliphatic rings. The molecule has 1 rings (SSSR count). The number of hydrogen-bond donors (Lipinski definition) is 1. The molecule has 0 amide bonds. The van der Waals surface area contributed by atoms with Crippen molar-refractivity contribution < 1.29 is 9.47 Å². The van der Waals surface area contributed by atoms with Gasteiger partial charge in [0.15, 0.2) is 0 Å². The summed E-state index contributed by atoms with van der Waals surface area (Å²) in [6.45, 7) is 2.91. The van der Waals surface area contributed by atoms with Gasteiger partial charge in [-0.1, -0.05) is 0 Å². The molecule has 0 spiro atoms. The first-order valence-corrected chi connectivity index (χ1v) is 5.46. The van der Waals surface area contributed by atoms with Gasteiger partial charge in [0.05, 0.1) is 23.5 Å². The quantitative estimate of drug-likeness (QED) is 0.868. The predicted octanol–water partition coefficient (Wildman–Crippen LogP) is 2.74. The lowest BCUT2D eigenvalue weighted by molar-refractivity contribution is 0.402. The Balaban J connectivity index is 3.11. The van der Waals surface area contributed by atoms with Gasteiger partial charge in [0.2, 0.25) is 0 Å². The van der Waals surface area contributed by atoms with Crippen molar-refractivity contribution in [2.24, 2.45) is 0 Å². The highest BCUT2D eigenvalue weighted by molar-refractivity contribution is 14.1. The minimum Gasteiger partial charge on any atom is -0.496 e. The van der Waals surface area contributed by atoms with E-state index in [0.717, 1.165) is 27.3 Å². The van der Waals surface area contributed by atoms with Crippen LogP contribution in [0.15, 0.2) is 12.1 Å². The van der Waals surface area contributed by atoms with Crippen molar-refractivity contribution in [2.75, 3.05) is 26.1 Å². The van der Waals surface area contributed by atoms with Gasteiger partial charge in [-0.05, 0) is 35.6 Å². The van der Waals surface area contributed by atoms with Gasteiger partial charge in [0.25, 0.3) is 0 Å². The fourth-order valence-corrected chi connectivity index (χ4v) is 1.85. The number of benzene rings is 1. The van der Waals surface area contributed by atoms with Gasteiger partial charge >= 0.3 is 0 Å². The third-order valence-corrected chi connectivity index (χ3v) is 2.68. The van der Waals surface area contributed by atoms with Crippen LogP contribution in [0.3, 0.4) is 0 Å². The van der Waals surface area contributed by atoms with E-state index < -0.39 is 0 Å². The van der Waals surface area contributed by atoms with E-state index in [1.165, 1.54) is 0 Å². The second kappa shape index (κ2) is 5.29. The van der Waals surface area contributed by atoms with Crippen molar-refractivity contribution in [2.45, 2.75) is 6.92 Å². The van der Waals surface area contributed by atoms with E-state index in [4.69, 9.17) is 9.47 Å². The van der Waals surface area contributed by atoms with Crippen molar-refractivity contribution in [1.29, 1.82) is 0 Å². The SMILES string of the molecule is CCNc1cc(OC)c(I)cc1OC. The molecule has 0 saturated carbocycles. The minimum absolute atomic E-state index is 0.844. The number of nitrogens with one attached hydrogen (secondary N) is 1. The molecule has 0 aliphatic heterocycles. The van der Waals surface area contributed by atoms with Crippen LogP contribution in [-0.4, -0.2) is 20.8 Å². The summed E-state index contributed by atoms with van der Waals surface area (Å²) >= 11 is 2.22. The van der Waals surface area contributed by atoms with Gasteiger partial charge in [-0.15, -0.1) is 0 Å². The Morgan fingerprint density at radius 1 is 1.21 bits per heavy atom. The number of rotatable bonds is 4. The van der Waals surface area contributed by atoms with Crippen LogP contribution in [-0.2, 0) is 0 Å². The summed E-state index contributed by atoms with van der Waals surface area (Å²) in [5, 5.41) is 3.22. The Morgan fingerprint density at radius 2 is 1.86 bits per heavy atom. The fourth-order valence-electron chi connectivity index (χ4n) is 1.19. The molecular formula is C10H14INO2. The molecule has 14 heavy (non-hydrogen) atoms. The van der Waals surface area contributed by atoms with Crippen LogP contribution >= 0.6 is 22.6 Å². The van der Waals surface area contributed by atoms with E-state index in [0.29, 0.717) is 0 Å². The zero-order valence-electron chi connectivity index (χ0n) is 8.56. The zero-order valence-corrected chi connectivity index (χ0v) is 10.7. The summed E-state index contributed by atoms with van der Waals surface area (Å²) in [6.07, 6.45) is 0. The number of methoxy groups -OCH3 is 2. The molecule has 0 aliphatic carbocycles. The molecule has 0 bridgehead atoms. The molecule has 1 aromatic rings. The molecule has 3 nitrogen and oxygen atoms in total. The molecular weight excluding hydrogens is 293 g/mol. The Morgan fingerprint density at radius 3 is 2.36 bits per heavy atom. The maximum atomic E-state index is 5.26. The molecule has 0 radical (unpaired) electrons. The van der Waals surface area contributed by atoms with Crippen molar-refractivity contribution in [3.05, 3.63) is 15.7 Å². The van der Waals surface area contributed by atoms with E-state index in [9.17, 15) is 0 Å². The smallest absolute Gasteiger partial charge is 0.143 e. The number of halogens is 1. The van der Waals surface area contributed by atoms with E-state index in [1.54, 1.807) is 14.2 Å². The van der Waals surface area contributed by atoms with Gasteiger partial charge in [-0.25, -0.2) is 0 Å². The van der Waals surface area contributed by atoms with Crippen molar-refractivity contribution in [3.63, 3.8) is 0 Å². The van der Waals surface area contributed by atoms with E-state index in [2.05, 4.69) is 27.9 Å². The molecule has 0 fully saturated rings. The van der Waals surface area contributed by atoms with Crippen LogP contribution in [0.5, 0.6) is 11.5 Å². The van der Waals surface area contributed by atoms with Crippen LogP contribution in [0.4, 0.5) is 5.69 Å². The summed E-state index contributed by atoms with van der Waals surface area (Å²) in [7, 11) is 3.33. The predicted molar refractivity (Wildman–Crippen MR) is 66.4 cm³/mol. The highest BCUT2D eigenvalue weighted by atomic mass is 127. The Kier molecular flexibility index (Phi) is 4.31. The van der Waals surface area contributed by atoms with Crippen molar-refractivity contribution >= 4 is 28.3 Å². The van der Waals surface area contributed by atoms with Gasteiger partial charge in [0.1, 0.15) is 11.5 Å². The molecule has 0 unspecified atom stereocenters. The average Bonchev–Trinajstić information content (AvgIpc) is 2.20. The zero-order chi connectivity index (χ0) is 10.6. The van der Waals surface area contributed by atoms with Crippen LogP contribution in [0.2, 0.25) is 0 Å². The second-order valence-corrected chi connectivity index (χ2v) is 3.88. The second-order valence-electron chi connectivity index (χ2n) is 2.72. The van der Waals surface area contributed by atoms with Crippen molar-refractivity contribution in [1.82, 2.24) is 0 Å². The largest absolute Gasteiger partial charge is 0.496 e. The Bertz CT molecular complexity index is 315. The molecule has 78 valence electrons. The molecule has 1 N–H and O–H groups in total. The van der Waals surface area contributed by atoms with Gasteiger partial charge in [0, 0.05) is 12.6 Å². The van der Waals surface area contributed by atoms with E-state index >= 15 is 0 Å². The lowest BCUT2D eigenvalue weighted by Crippen LogP contribution is -2.00. The molecule has 0 atom stereocenters. The van der Waals surface area contributed by atoms with E-state index in [-0.39, 0.29) is 0 Å². The van der Waals surface area contributed by atoms with Gasteiger partial charge in [-0.2, -0.15) is 0 Å². The van der Waals surface area contributed by atoms with E-state index in [1.807, 2.05) is 19.1 Å².